The summed E-state index contributed by atoms with van der Waals surface area (Å²) in [6.07, 6.45) is 0. The number of carbonyl (C=O) groups excluding carboxylic acids is 1. The summed E-state index contributed by atoms with van der Waals surface area (Å²) in [5.41, 5.74) is 9.68. The Balaban J connectivity index is 1.63. The maximum Gasteiger partial charge on any atom is 0.343 e. The fourth-order valence-corrected chi connectivity index (χ4v) is 4.22. The summed E-state index contributed by atoms with van der Waals surface area (Å²) < 4.78 is 12.2. The molecule has 0 fully saturated rings. The normalized spacial score (nSPS) is 15.3. The first-order valence-corrected chi connectivity index (χ1v) is 11.3. The van der Waals surface area contributed by atoms with Crippen LogP contribution in [0, 0.1) is 11.3 Å². The van der Waals surface area contributed by atoms with E-state index in [-0.39, 0.29) is 17.2 Å². The number of hydrogen-bond donors (Lipinski definition) is 1. The van der Waals surface area contributed by atoms with E-state index in [1.165, 1.54) is 0 Å². The number of hydrogen-bond acceptors (Lipinski definition) is 5. The highest BCUT2D eigenvalue weighted by atomic mass is 79.9. The molecule has 1 aliphatic heterocycles. The Morgan fingerprint density at radius 1 is 1.09 bits per heavy atom. The lowest BCUT2D eigenvalue weighted by Gasteiger charge is -2.26. The number of rotatable bonds is 3. The molecular formula is C27H23BrN2O3. The van der Waals surface area contributed by atoms with Gasteiger partial charge < -0.3 is 15.2 Å². The number of fused-ring (bicyclic) bond motifs is 1. The van der Waals surface area contributed by atoms with Crippen molar-refractivity contribution in [2.24, 2.45) is 5.73 Å². The first-order valence-electron chi connectivity index (χ1n) is 10.5. The molecule has 3 aromatic rings. The highest BCUT2D eigenvalue weighted by molar-refractivity contribution is 9.10. The quantitative estimate of drug-likeness (QED) is 0.341. The van der Waals surface area contributed by atoms with Gasteiger partial charge in [0.15, 0.2) is 0 Å². The van der Waals surface area contributed by atoms with Crippen LogP contribution in [0.3, 0.4) is 0 Å². The molecule has 1 atom stereocenters. The zero-order chi connectivity index (χ0) is 23.8. The van der Waals surface area contributed by atoms with E-state index in [9.17, 15) is 10.1 Å². The molecule has 0 aliphatic carbocycles. The number of allylic oxidation sites excluding steroid dienone is 1. The number of nitriles is 1. The van der Waals surface area contributed by atoms with E-state index in [0.717, 1.165) is 21.2 Å². The van der Waals surface area contributed by atoms with Crippen LogP contribution in [0.5, 0.6) is 11.5 Å². The fourth-order valence-electron chi connectivity index (χ4n) is 3.80. The Bertz CT molecular complexity index is 1300. The van der Waals surface area contributed by atoms with E-state index in [2.05, 4.69) is 42.8 Å². The average Bonchev–Trinajstić information content (AvgIpc) is 2.77. The van der Waals surface area contributed by atoms with E-state index in [0.29, 0.717) is 22.6 Å². The van der Waals surface area contributed by atoms with Gasteiger partial charge in [0.1, 0.15) is 23.1 Å². The molecule has 0 radical (unpaired) electrons. The smallest absolute Gasteiger partial charge is 0.343 e. The highest BCUT2D eigenvalue weighted by Gasteiger charge is 2.31. The van der Waals surface area contributed by atoms with Crippen LogP contribution in [0.25, 0.3) is 0 Å². The third kappa shape index (κ3) is 4.64. The van der Waals surface area contributed by atoms with Gasteiger partial charge in [-0.25, -0.2) is 4.79 Å². The number of halogens is 1. The van der Waals surface area contributed by atoms with Gasteiger partial charge in [-0.15, -0.1) is 0 Å². The number of benzene rings is 3. The topological polar surface area (TPSA) is 85.3 Å². The molecule has 3 aromatic carbocycles. The van der Waals surface area contributed by atoms with Crippen molar-refractivity contribution in [1.29, 1.82) is 5.26 Å². The van der Waals surface area contributed by atoms with Gasteiger partial charge in [-0.2, -0.15) is 5.26 Å². The predicted molar refractivity (Wildman–Crippen MR) is 130 cm³/mol. The second-order valence-electron chi connectivity index (χ2n) is 8.90. The van der Waals surface area contributed by atoms with Crippen molar-refractivity contribution in [2.45, 2.75) is 32.1 Å². The van der Waals surface area contributed by atoms with Crippen molar-refractivity contribution >= 4 is 21.9 Å². The van der Waals surface area contributed by atoms with Crippen molar-refractivity contribution < 1.29 is 14.3 Å². The minimum atomic E-state index is -0.462. The summed E-state index contributed by atoms with van der Waals surface area (Å²) >= 11 is 3.48. The van der Waals surface area contributed by atoms with Gasteiger partial charge in [0, 0.05) is 16.1 Å². The highest BCUT2D eigenvalue weighted by Crippen LogP contribution is 2.43. The van der Waals surface area contributed by atoms with E-state index in [1.54, 1.807) is 30.3 Å². The molecule has 0 bridgehead atoms. The van der Waals surface area contributed by atoms with Crippen LogP contribution in [0.1, 0.15) is 53.7 Å². The van der Waals surface area contributed by atoms with Crippen LogP contribution in [0.2, 0.25) is 0 Å². The Kier molecular flexibility index (Phi) is 6.01. The maximum atomic E-state index is 12.7. The first kappa shape index (κ1) is 22.6. The summed E-state index contributed by atoms with van der Waals surface area (Å²) in [5.74, 6) is -0.0251. The monoisotopic (exact) mass is 502 g/mol. The molecule has 1 unspecified atom stereocenters. The van der Waals surface area contributed by atoms with Gasteiger partial charge in [0.2, 0.25) is 5.88 Å². The number of ether oxygens (including phenoxy) is 2. The summed E-state index contributed by atoms with van der Waals surface area (Å²) in [5, 5.41) is 9.71. The minimum absolute atomic E-state index is 0.00111. The summed E-state index contributed by atoms with van der Waals surface area (Å²) in [6, 6.07) is 22.4. The second kappa shape index (κ2) is 8.76. The molecule has 0 aromatic heterocycles. The van der Waals surface area contributed by atoms with Crippen molar-refractivity contribution in [2.75, 3.05) is 0 Å². The van der Waals surface area contributed by atoms with Crippen molar-refractivity contribution in [1.82, 2.24) is 0 Å². The Morgan fingerprint density at radius 2 is 1.82 bits per heavy atom. The second-order valence-corrected chi connectivity index (χ2v) is 9.81. The van der Waals surface area contributed by atoms with Gasteiger partial charge in [0.25, 0.3) is 0 Å². The Labute approximate surface area is 201 Å². The number of nitrogens with zero attached hydrogens (tertiary/aromatic N) is 1. The lowest BCUT2D eigenvalue weighted by Crippen LogP contribution is -2.21. The van der Waals surface area contributed by atoms with E-state index in [4.69, 9.17) is 15.2 Å². The molecule has 33 heavy (non-hydrogen) atoms. The largest absolute Gasteiger partial charge is 0.440 e. The van der Waals surface area contributed by atoms with Crippen LogP contribution >= 0.6 is 15.9 Å². The van der Waals surface area contributed by atoms with Gasteiger partial charge >= 0.3 is 5.97 Å². The van der Waals surface area contributed by atoms with Gasteiger partial charge in [-0.3, -0.25) is 0 Å². The Morgan fingerprint density at radius 3 is 2.45 bits per heavy atom. The minimum Gasteiger partial charge on any atom is -0.440 e. The molecule has 166 valence electrons. The van der Waals surface area contributed by atoms with Crippen molar-refractivity contribution in [3.63, 3.8) is 0 Å². The van der Waals surface area contributed by atoms with Crippen LogP contribution in [-0.4, -0.2) is 5.97 Å². The average molecular weight is 503 g/mol. The van der Waals surface area contributed by atoms with Gasteiger partial charge in [0.05, 0.1) is 11.5 Å². The lowest BCUT2D eigenvalue weighted by atomic mass is 9.83. The van der Waals surface area contributed by atoms with Crippen LogP contribution < -0.4 is 15.2 Å². The van der Waals surface area contributed by atoms with E-state index >= 15 is 0 Å². The van der Waals surface area contributed by atoms with E-state index in [1.807, 2.05) is 36.4 Å². The molecule has 0 amide bonds. The molecule has 6 heteroatoms. The van der Waals surface area contributed by atoms with Crippen molar-refractivity contribution in [3.8, 4) is 17.6 Å². The molecule has 4 rings (SSSR count). The summed E-state index contributed by atoms with van der Waals surface area (Å²) in [6.45, 7) is 6.35. The zero-order valence-electron chi connectivity index (χ0n) is 18.6. The molecule has 1 aliphatic rings. The molecule has 0 spiro atoms. The standard InChI is InChI=1S/C27H23BrN2O3/c1-27(2,3)18-9-7-16(8-10-18)26(31)32-20-11-12-21-23(14-20)33-25(30)22(15-29)24(21)17-5-4-6-19(28)13-17/h4-14,24H,30H2,1-3H3. The first-order chi connectivity index (χ1) is 15.7. The predicted octanol–water partition coefficient (Wildman–Crippen LogP) is 6.18. The maximum absolute atomic E-state index is 12.7. The number of carbonyl (C=O) groups is 1. The van der Waals surface area contributed by atoms with Crippen LogP contribution in [0.4, 0.5) is 0 Å². The Hall–Kier alpha value is -3.56. The molecule has 2 N–H and O–H groups in total. The fraction of sp³-hybridized carbons (Fsp3) is 0.185. The van der Waals surface area contributed by atoms with E-state index < -0.39 is 5.97 Å². The SMILES string of the molecule is CC(C)(C)c1ccc(C(=O)Oc2ccc3c(c2)OC(N)=C(C#N)C3c2cccc(Br)c2)cc1. The molecule has 5 nitrogen and oxygen atoms in total. The third-order valence-electron chi connectivity index (χ3n) is 5.57. The van der Waals surface area contributed by atoms with Crippen LogP contribution in [0.15, 0.2) is 82.7 Å². The lowest BCUT2D eigenvalue weighted by molar-refractivity contribution is 0.0734. The summed E-state index contributed by atoms with van der Waals surface area (Å²) in [4.78, 5) is 12.7. The van der Waals surface area contributed by atoms with Crippen LogP contribution in [-0.2, 0) is 5.41 Å². The van der Waals surface area contributed by atoms with Crippen molar-refractivity contribution in [3.05, 3.63) is 105 Å². The third-order valence-corrected chi connectivity index (χ3v) is 6.06. The zero-order valence-corrected chi connectivity index (χ0v) is 20.1. The summed E-state index contributed by atoms with van der Waals surface area (Å²) in [7, 11) is 0. The number of esters is 1. The number of nitrogens with two attached hydrogens (primary N) is 1. The molecule has 0 saturated heterocycles. The van der Waals surface area contributed by atoms with Gasteiger partial charge in [-0.05, 0) is 46.9 Å². The molecule has 0 saturated carbocycles. The molecule has 1 heterocycles. The molecular weight excluding hydrogens is 480 g/mol. The van der Waals surface area contributed by atoms with Gasteiger partial charge in [-0.1, -0.05) is 67.0 Å².